The van der Waals surface area contributed by atoms with Crippen LogP contribution in [0.4, 0.5) is 4.39 Å². The summed E-state index contributed by atoms with van der Waals surface area (Å²) in [7, 11) is 1.45. The van der Waals surface area contributed by atoms with E-state index in [4.69, 9.17) is 5.11 Å². The molecule has 0 amide bonds. The SMILES string of the molecule is Cn1nnn(C2=C(CO)C(F)CC=C2)c1=O. The smallest absolute Gasteiger partial charge is 0.368 e. The molecule has 0 bridgehead atoms. The number of halogens is 1. The van der Waals surface area contributed by atoms with Gasteiger partial charge < -0.3 is 5.11 Å². The van der Waals surface area contributed by atoms with Gasteiger partial charge in [0.15, 0.2) is 0 Å². The third-order valence-electron chi connectivity index (χ3n) is 2.45. The molecular weight excluding hydrogens is 215 g/mol. The van der Waals surface area contributed by atoms with Gasteiger partial charge in [0.05, 0.1) is 12.3 Å². The molecule has 6 nitrogen and oxygen atoms in total. The van der Waals surface area contributed by atoms with Gasteiger partial charge in [0, 0.05) is 19.0 Å². The first-order valence-electron chi connectivity index (χ1n) is 4.79. The van der Waals surface area contributed by atoms with Crippen LogP contribution in [0.25, 0.3) is 5.70 Å². The molecule has 1 aliphatic carbocycles. The summed E-state index contributed by atoms with van der Waals surface area (Å²) < 4.78 is 15.5. The predicted octanol–water partition coefficient (Wildman–Crippen LogP) is -0.522. The van der Waals surface area contributed by atoms with Crippen molar-refractivity contribution in [2.45, 2.75) is 12.6 Å². The van der Waals surface area contributed by atoms with Gasteiger partial charge in [-0.3, -0.25) is 0 Å². The Balaban J connectivity index is 2.58. The van der Waals surface area contributed by atoms with Gasteiger partial charge in [-0.2, -0.15) is 9.36 Å². The lowest BCUT2D eigenvalue weighted by atomic mass is 10.0. The molecule has 1 aromatic rings. The van der Waals surface area contributed by atoms with E-state index in [-0.39, 0.29) is 17.7 Å². The molecule has 1 unspecified atom stereocenters. The number of nitrogens with zero attached hydrogens (tertiary/aromatic N) is 4. The van der Waals surface area contributed by atoms with E-state index in [0.717, 1.165) is 9.36 Å². The molecule has 0 aliphatic heterocycles. The lowest BCUT2D eigenvalue weighted by Crippen LogP contribution is -2.26. The van der Waals surface area contributed by atoms with Gasteiger partial charge in [-0.15, -0.1) is 0 Å². The topological polar surface area (TPSA) is 72.9 Å². The minimum atomic E-state index is -1.28. The molecule has 0 radical (unpaired) electrons. The largest absolute Gasteiger partial charge is 0.392 e. The molecule has 0 spiro atoms. The maximum atomic E-state index is 13.5. The Kier molecular flexibility index (Phi) is 2.69. The fraction of sp³-hybridized carbons (Fsp3) is 0.444. The molecule has 1 heterocycles. The summed E-state index contributed by atoms with van der Waals surface area (Å²) in [6, 6.07) is 0. The molecule has 86 valence electrons. The van der Waals surface area contributed by atoms with Crippen LogP contribution in [0.3, 0.4) is 0 Å². The highest BCUT2D eigenvalue weighted by Crippen LogP contribution is 2.23. The highest BCUT2D eigenvalue weighted by atomic mass is 19.1. The molecule has 1 aliphatic rings. The number of aliphatic hydroxyl groups is 1. The Morgan fingerprint density at radius 2 is 2.38 bits per heavy atom. The second-order valence-electron chi connectivity index (χ2n) is 3.47. The number of allylic oxidation sites excluding steroid dienone is 3. The quantitative estimate of drug-likeness (QED) is 0.736. The molecule has 0 saturated heterocycles. The zero-order valence-corrected chi connectivity index (χ0v) is 8.67. The van der Waals surface area contributed by atoms with Gasteiger partial charge in [-0.25, -0.2) is 9.18 Å². The Labute approximate surface area is 90.3 Å². The van der Waals surface area contributed by atoms with Crippen LogP contribution in [0.15, 0.2) is 22.5 Å². The fourth-order valence-electron chi connectivity index (χ4n) is 1.56. The van der Waals surface area contributed by atoms with Crippen molar-refractivity contribution in [2.75, 3.05) is 6.61 Å². The first-order valence-corrected chi connectivity index (χ1v) is 4.79. The van der Waals surface area contributed by atoms with E-state index in [9.17, 15) is 9.18 Å². The van der Waals surface area contributed by atoms with E-state index < -0.39 is 18.5 Å². The van der Waals surface area contributed by atoms with Gasteiger partial charge in [0.2, 0.25) is 0 Å². The van der Waals surface area contributed by atoms with Gasteiger partial charge in [0.1, 0.15) is 6.17 Å². The number of aromatic nitrogens is 4. The number of hydrogen-bond donors (Lipinski definition) is 1. The molecule has 1 N–H and O–H groups in total. The maximum absolute atomic E-state index is 13.5. The number of aliphatic hydroxyl groups excluding tert-OH is 1. The van der Waals surface area contributed by atoms with Crippen LogP contribution in [0.2, 0.25) is 0 Å². The first-order chi connectivity index (χ1) is 7.65. The molecular formula is C9H11FN4O2. The zero-order valence-electron chi connectivity index (χ0n) is 8.67. The monoisotopic (exact) mass is 226 g/mol. The van der Waals surface area contributed by atoms with Crippen LogP contribution in [0.5, 0.6) is 0 Å². The Morgan fingerprint density at radius 1 is 1.62 bits per heavy atom. The lowest BCUT2D eigenvalue weighted by Gasteiger charge is -2.16. The molecule has 0 aromatic carbocycles. The molecule has 2 rings (SSSR count). The number of tetrazole rings is 1. The van der Waals surface area contributed by atoms with Gasteiger partial charge in [-0.1, -0.05) is 6.08 Å². The minimum Gasteiger partial charge on any atom is -0.392 e. The average Bonchev–Trinajstić information content (AvgIpc) is 2.59. The van der Waals surface area contributed by atoms with E-state index in [0.29, 0.717) is 0 Å². The fourth-order valence-corrected chi connectivity index (χ4v) is 1.56. The van der Waals surface area contributed by atoms with Crippen LogP contribution in [0.1, 0.15) is 6.42 Å². The van der Waals surface area contributed by atoms with Crippen molar-refractivity contribution in [1.82, 2.24) is 19.8 Å². The van der Waals surface area contributed by atoms with E-state index in [1.807, 2.05) is 0 Å². The predicted molar refractivity (Wildman–Crippen MR) is 54.2 cm³/mol. The number of aryl methyl sites for hydroxylation is 1. The van der Waals surface area contributed by atoms with Crippen molar-refractivity contribution >= 4 is 5.70 Å². The summed E-state index contributed by atoms with van der Waals surface area (Å²) in [4.78, 5) is 11.6. The molecule has 0 fully saturated rings. The van der Waals surface area contributed by atoms with Gasteiger partial charge in [0.25, 0.3) is 0 Å². The summed E-state index contributed by atoms with van der Waals surface area (Å²) in [5.41, 5.74) is -0.0517. The van der Waals surface area contributed by atoms with E-state index in [2.05, 4.69) is 10.4 Å². The van der Waals surface area contributed by atoms with Crippen LogP contribution in [-0.4, -0.2) is 37.7 Å². The second kappa shape index (κ2) is 4.01. The van der Waals surface area contributed by atoms with Crippen molar-refractivity contribution in [1.29, 1.82) is 0 Å². The zero-order chi connectivity index (χ0) is 11.7. The van der Waals surface area contributed by atoms with Crippen molar-refractivity contribution in [3.05, 3.63) is 28.2 Å². The van der Waals surface area contributed by atoms with Crippen molar-refractivity contribution < 1.29 is 9.50 Å². The Morgan fingerprint density at radius 3 is 2.94 bits per heavy atom. The Bertz CT molecular complexity index is 514. The third-order valence-corrected chi connectivity index (χ3v) is 2.45. The van der Waals surface area contributed by atoms with Crippen LogP contribution < -0.4 is 5.69 Å². The molecule has 1 aromatic heterocycles. The molecule has 16 heavy (non-hydrogen) atoms. The summed E-state index contributed by atoms with van der Waals surface area (Å²) in [5.74, 6) is 0. The highest BCUT2D eigenvalue weighted by molar-refractivity contribution is 5.63. The Hall–Kier alpha value is -1.76. The van der Waals surface area contributed by atoms with Crippen molar-refractivity contribution in [3.63, 3.8) is 0 Å². The average molecular weight is 226 g/mol. The standard InChI is InChI=1S/C9H11FN4O2/c1-13-9(16)14(12-11-13)8-4-2-3-7(10)6(8)5-15/h2,4,7,15H,3,5H2,1H3. The summed E-state index contributed by atoms with van der Waals surface area (Å²) in [6.45, 7) is -0.441. The normalized spacial score (nSPS) is 20.6. The minimum absolute atomic E-state index is 0.158. The number of hydrogen-bond acceptors (Lipinski definition) is 4. The third kappa shape index (κ3) is 1.58. The molecule has 1 atom stereocenters. The first kappa shape index (κ1) is 10.7. The lowest BCUT2D eigenvalue weighted by molar-refractivity contribution is 0.284. The van der Waals surface area contributed by atoms with E-state index in [1.54, 1.807) is 12.2 Å². The van der Waals surface area contributed by atoms with Gasteiger partial charge in [-0.05, 0) is 16.5 Å². The van der Waals surface area contributed by atoms with Crippen molar-refractivity contribution in [2.24, 2.45) is 7.05 Å². The van der Waals surface area contributed by atoms with Gasteiger partial charge >= 0.3 is 5.69 Å². The molecule has 0 saturated carbocycles. The highest BCUT2D eigenvalue weighted by Gasteiger charge is 2.21. The van der Waals surface area contributed by atoms with E-state index in [1.165, 1.54) is 7.05 Å². The van der Waals surface area contributed by atoms with Crippen LogP contribution in [-0.2, 0) is 7.05 Å². The summed E-state index contributed by atoms with van der Waals surface area (Å²) in [5, 5.41) is 16.2. The second-order valence-corrected chi connectivity index (χ2v) is 3.47. The van der Waals surface area contributed by atoms with E-state index >= 15 is 0 Å². The van der Waals surface area contributed by atoms with Crippen LogP contribution >= 0.6 is 0 Å². The number of alkyl halides is 1. The maximum Gasteiger partial charge on any atom is 0.368 e. The van der Waals surface area contributed by atoms with Crippen LogP contribution in [0, 0.1) is 0 Å². The molecule has 7 heteroatoms. The number of rotatable bonds is 2. The van der Waals surface area contributed by atoms with Crippen molar-refractivity contribution in [3.8, 4) is 0 Å². The summed E-state index contributed by atoms with van der Waals surface area (Å²) in [6.07, 6.45) is 2.09. The summed E-state index contributed by atoms with van der Waals surface area (Å²) >= 11 is 0.